The minimum atomic E-state index is -4.96. The smallest absolute Gasteiger partial charge is 0.419 e. The molecule has 246 valence electrons. The van der Waals surface area contributed by atoms with Crippen molar-refractivity contribution in [2.75, 3.05) is 20.3 Å². The van der Waals surface area contributed by atoms with Crippen LogP contribution in [0.1, 0.15) is 65.7 Å². The van der Waals surface area contributed by atoms with E-state index in [1.807, 2.05) is 0 Å². The van der Waals surface area contributed by atoms with Crippen LogP contribution in [0.2, 0.25) is 0 Å². The number of nitrogens with two attached hydrogens (primary N) is 1. The average molecular weight is 656 g/mol. The zero-order valence-corrected chi connectivity index (χ0v) is 25.4. The first-order chi connectivity index (χ1) is 22.2. The Morgan fingerprint density at radius 2 is 1.94 bits per heavy atom. The maximum absolute atomic E-state index is 14.7. The molecule has 14 heteroatoms. The fraction of sp³-hybridized carbons (Fsp3) is 0.394. The van der Waals surface area contributed by atoms with Gasteiger partial charge in [-0.25, -0.2) is 18.4 Å². The van der Waals surface area contributed by atoms with Crippen LogP contribution < -0.4 is 20.5 Å². The molecule has 3 aliphatic rings. The molecule has 3 N–H and O–H groups in total. The number of amides is 2. The lowest BCUT2D eigenvalue weighted by Crippen LogP contribution is -2.40. The van der Waals surface area contributed by atoms with Crippen molar-refractivity contribution in [3.63, 3.8) is 0 Å². The largest absolute Gasteiger partial charge is 0.494 e. The number of nitrogens with one attached hydrogen (secondary N) is 1. The van der Waals surface area contributed by atoms with Gasteiger partial charge >= 0.3 is 6.18 Å². The molecule has 47 heavy (non-hydrogen) atoms. The summed E-state index contributed by atoms with van der Waals surface area (Å²) in [4.78, 5) is 30.8. The van der Waals surface area contributed by atoms with Gasteiger partial charge < -0.3 is 20.5 Å². The number of fused-ring (bicyclic) bond motifs is 2. The summed E-state index contributed by atoms with van der Waals surface area (Å²) in [7, 11) is 1.43. The van der Waals surface area contributed by atoms with Gasteiger partial charge in [-0.15, -0.1) is 0 Å². The predicted octanol–water partition coefficient (Wildman–Crippen LogP) is 5.74. The third kappa shape index (κ3) is 5.32. The molecule has 0 radical (unpaired) electrons. The third-order valence-corrected chi connectivity index (χ3v) is 9.36. The van der Waals surface area contributed by atoms with Crippen LogP contribution >= 0.6 is 0 Å². The Bertz CT molecular complexity index is 1950. The highest BCUT2D eigenvalue weighted by Crippen LogP contribution is 2.49. The topological polar surface area (TPSA) is 121 Å². The molecule has 0 bridgehead atoms. The lowest BCUT2D eigenvalue weighted by Gasteiger charge is -2.22. The summed E-state index contributed by atoms with van der Waals surface area (Å²) in [6.07, 6.45) is -1.07. The number of rotatable bonds is 9. The van der Waals surface area contributed by atoms with E-state index in [9.17, 15) is 31.5 Å². The van der Waals surface area contributed by atoms with E-state index in [0.29, 0.717) is 52.9 Å². The van der Waals surface area contributed by atoms with Crippen molar-refractivity contribution in [1.82, 2.24) is 20.1 Å². The predicted molar refractivity (Wildman–Crippen MR) is 159 cm³/mol. The summed E-state index contributed by atoms with van der Waals surface area (Å²) < 4.78 is 82.4. The van der Waals surface area contributed by atoms with E-state index in [1.165, 1.54) is 23.9 Å². The molecule has 2 fully saturated rings. The van der Waals surface area contributed by atoms with Crippen molar-refractivity contribution >= 4 is 22.7 Å². The quantitative estimate of drug-likeness (QED) is 0.222. The summed E-state index contributed by atoms with van der Waals surface area (Å²) in [6.45, 7) is 1.53. The van der Waals surface area contributed by atoms with Crippen LogP contribution in [0, 0.1) is 11.7 Å². The number of halogens is 5. The van der Waals surface area contributed by atoms with Gasteiger partial charge in [0, 0.05) is 59.3 Å². The second kappa shape index (κ2) is 10.6. The maximum Gasteiger partial charge on any atom is 0.419 e. The number of nitrogens with zero attached hydrogens (tertiary/aromatic N) is 3. The van der Waals surface area contributed by atoms with E-state index in [0.717, 1.165) is 12.8 Å². The molecule has 0 saturated heterocycles. The lowest BCUT2D eigenvalue weighted by molar-refractivity contribution is -0.140. The van der Waals surface area contributed by atoms with Gasteiger partial charge in [0.05, 0.1) is 12.7 Å². The van der Waals surface area contributed by atoms with E-state index in [-0.39, 0.29) is 41.6 Å². The van der Waals surface area contributed by atoms with Crippen LogP contribution in [-0.2, 0) is 22.2 Å². The molecule has 2 aromatic carbocycles. The fourth-order valence-electron chi connectivity index (χ4n) is 6.13. The number of aromatic nitrogens is 3. The molecule has 2 amide bonds. The van der Waals surface area contributed by atoms with Crippen LogP contribution in [0.4, 0.5) is 22.0 Å². The first-order valence-corrected chi connectivity index (χ1v) is 15.1. The summed E-state index contributed by atoms with van der Waals surface area (Å²) >= 11 is 0. The number of carbonyl (C=O) groups excluding carboxylic acids is 2. The van der Waals surface area contributed by atoms with Crippen molar-refractivity contribution in [1.29, 1.82) is 0 Å². The van der Waals surface area contributed by atoms with E-state index in [1.54, 1.807) is 25.3 Å². The number of pyridine rings is 1. The van der Waals surface area contributed by atoms with Crippen molar-refractivity contribution in [3.8, 4) is 22.8 Å². The number of hydrogen-bond acceptors (Lipinski definition) is 6. The molecular weight excluding hydrogens is 625 g/mol. The van der Waals surface area contributed by atoms with Crippen LogP contribution in [0.3, 0.4) is 0 Å². The van der Waals surface area contributed by atoms with Crippen LogP contribution in [0.25, 0.3) is 22.2 Å². The Hall–Kier alpha value is -4.75. The third-order valence-electron chi connectivity index (χ3n) is 9.36. The van der Waals surface area contributed by atoms with Gasteiger partial charge in [0.1, 0.15) is 40.5 Å². The number of hydrogen-bond donors (Lipinski definition) is 2. The number of alkyl halides is 4. The summed E-state index contributed by atoms with van der Waals surface area (Å²) in [6, 6.07) is 7.34. The molecule has 7 rings (SSSR count). The first-order valence-electron chi connectivity index (χ1n) is 15.1. The number of primary amides is 1. The monoisotopic (exact) mass is 655 g/mol. The van der Waals surface area contributed by atoms with Gasteiger partial charge in [-0.2, -0.15) is 18.3 Å². The van der Waals surface area contributed by atoms with Gasteiger partial charge in [-0.1, -0.05) is 0 Å². The molecule has 9 nitrogen and oxygen atoms in total. The normalized spacial score (nSPS) is 20.4. The number of benzene rings is 2. The Balaban J connectivity index is 1.24. The van der Waals surface area contributed by atoms with Crippen LogP contribution in [0.5, 0.6) is 11.5 Å². The highest BCUT2D eigenvalue weighted by molar-refractivity contribution is 6.00. The minimum absolute atomic E-state index is 0.0125. The average Bonchev–Trinajstić information content (AvgIpc) is 3.94. The molecule has 1 aliphatic heterocycles. The molecule has 3 heterocycles. The Kier molecular flexibility index (Phi) is 6.99. The standard InChI is InChI=1S/C33H30F5N5O4/c1-31(30(39)45)15-47-28-22(31)12-24(41-27(28)17-5-6-23(34)21(10-17)33(36,37)38)20(16-3-4-16)13-40-29(44)18-9-19-14-43(32(35)7-8-32)42-26(19)25(11-18)46-2/h5-6,9-12,14,16,20H,3-4,7-8,13,15H2,1-2H3,(H2,39,45)(H,40,44)/t20-,31-/m0/s1. The van der Waals surface area contributed by atoms with Gasteiger partial charge in [0.25, 0.3) is 5.91 Å². The van der Waals surface area contributed by atoms with Gasteiger partial charge in [-0.05, 0) is 62.1 Å². The second-order valence-corrected chi connectivity index (χ2v) is 12.7. The molecule has 0 spiro atoms. The van der Waals surface area contributed by atoms with Crippen molar-refractivity contribution in [2.45, 2.75) is 55.9 Å². The van der Waals surface area contributed by atoms with Gasteiger partial charge in [0.2, 0.25) is 11.7 Å². The highest BCUT2D eigenvalue weighted by Gasteiger charge is 2.47. The first kappa shape index (κ1) is 30.9. The maximum atomic E-state index is 14.7. The van der Waals surface area contributed by atoms with Crippen molar-refractivity contribution in [2.24, 2.45) is 11.7 Å². The van der Waals surface area contributed by atoms with E-state index in [2.05, 4.69) is 10.4 Å². The van der Waals surface area contributed by atoms with Crippen LogP contribution in [0.15, 0.2) is 42.6 Å². The van der Waals surface area contributed by atoms with Crippen LogP contribution in [-0.4, -0.2) is 46.8 Å². The molecule has 2 aliphatic carbocycles. The molecule has 2 aromatic heterocycles. The van der Waals surface area contributed by atoms with E-state index in [4.69, 9.17) is 20.2 Å². The Labute approximate surface area is 265 Å². The minimum Gasteiger partial charge on any atom is -0.494 e. The van der Waals surface area contributed by atoms with Crippen molar-refractivity contribution in [3.05, 3.63) is 70.8 Å². The van der Waals surface area contributed by atoms with E-state index >= 15 is 0 Å². The van der Waals surface area contributed by atoms with Gasteiger partial charge in [-0.3, -0.25) is 9.59 Å². The molecule has 2 atom stereocenters. The number of methoxy groups -OCH3 is 1. The summed E-state index contributed by atoms with van der Waals surface area (Å²) in [5.41, 5.74) is 4.41. The lowest BCUT2D eigenvalue weighted by atomic mass is 9.82. The molecule has 2 saturated carbocycles. The van der Waals surface area contributed by atoms with E-state index < -0.39 is 46.5 Å². The number of carbonyl (C=O) groups is 2. The highest BCUT2D eigenvalue weighted by atomic mass is 19.4. The Morgan fingerprint density at radius 3 is 2.57 bits per heavy atom. The molecule has 0 unspecified atom stereocenters. The van der Waals surface area contributed by atoms with Crippen molar-refractivity contribution < 1.29 is 41.0 Å². The van der Waals surface area contributed by atoms with Gasteiger partial charge in [0.15, 0.2) is 0 Å². The molecule has 4 aromatic rings. The number of ether oxygens (including phenoxy) is 2. The fourth-order valence-corrected chi connectivity index (χ4v) is 6.13. The zero-order valence-electron chi connectivity index (χ0n) is 25.4. The molecular formula is C33H30F5N5O4. The SMILES string of the molecule is COc1cc(C(=O)NC[C@H](c2cc3c(c(-c4ccc(F)c(C(F)(F)F)c4)n2)OC[C@]3(C)C(N)=O)C2CC2)cc2cn(C3(F)CC3)nc12. The Morgan fingerprint density at radius 1 is 1.19 bits per heavy atom. The second-order valence-electron chi connectivity index (χ2n) is 12.7. The summed E-state index contributed by atoms with van der Waals surface area (Å²) in [5.74, 6) is -4.01. The zero-order chi connectivity index (χ0) is 33.5. The summed E-state index contributed by atoms with van der Waals surface area (Å²) in [5, 5.41) is 7.79.